The number of esters is 1. The molecule has 0 fully saturated rings. The third kappa shape index (κ3) is 6.39. The standard InChI is InChI=1S/C7H10O4.Na/c1-3-11-7(10)6(9)4-5(2)8;/h4,9H,3H2,1-2H3;/q;+1/p-1/b6-4-;. The average molecular weight is 180 g/mol. The zero-order valence-electron chi connectivity index (χ0n) is 7.42. The van der Waals surface area contributed by atoms with Crippen molar-refractivity contribution in [2.75, 3.05) is 6.61 Å². The zero-order chi connectivity index (χ0) is 8.85. The topological polar surface area (TPSA) is 66.4 Å². The molecule has 0 N–H and O–H groups in total. The first-order valence-corrected chi connectivity index (χ1v) is 3.14. The molecule has 0 aliphatic carbocycles. The molecule has 62 valence electrons. The van der Waals surface area contributed by atoms with Crippen molar-refractivity contribution in [3.05, 3.63) is 11.8 Å². The minimum atomic E-state index is -0.984. The minimum absolute atomic E-state index is 0. The Morgan fingerprint density at radius 1 is 1.50 bits per heavy atom. The molecule has 12 heavy (non-hydrogen) atoms. The van der Waals surface area contributed by atoms with E-state index in [0.717, 1.165) is 0 Å². The molecule has 0 radical (unpaired) electrons. The van der Waals surface area contributed by atoms with Crippen molar-refractivity contribution in [3.8, 4) is 0 Å². The van der Waals surface area contributed by atoms with Gasteiger partial charge in [0.05, 0.1) is 6.61 Å². The Morgan fingerprint density at radius 3 is 2.33 bits per heavy atom. The van der Waals surface area contributed by atoms with Crippen molar-refractivity contribution in [1.82, 2.24) is 0 Å². The first-order valence-electron chi connectivity index (χ1n) is 3.14. The van der Waals surface area contributed by atoms with Crippen LogP contribution in [0.1, 0.15) is 13.8 Å². The van der Waals surface area contributed by atoms with Crippen LogP contribution in [0.3, 0.4) is 0 Å². The van der Waals surface area contributed by atoms with Gasteiger partial charge in [-0.3, -0.25) is 4.79 Å². The number of hydrogen-bond acceptors (Lipinski definition) is 4. The van der Waals surface area contributed by atoms with Crippen LogP contribution >= 0.6 is 0 Å². The fourth-order valence-corrected chi connectivity index (χ4v) is 0.446. The van der Waals surface area contributed by atoms with E-state index in [1.807, 2.05) is 0 Å². The normalized spacial score (nSPS) is 10.0. The van der Waals surface area contributed by atoms with E-state index in [-0.39, 0.29) is 36.2 Å². The molecular weight excluding hydrogens is 171 g/mol. The summed E-state index contributed by atoms with van der Waals surface area (Å²) >= 11 is 0. The smallest absolute Gasteiger partial charge is 0.868 e. The van der Waals surface area contributed by atoms with E-state index >= 15 is 0 Å². The first-order chi connectivity index (χ1) is 5.07. The van der Waals surface area contributed by atoms with Crippen molar-refractivity contribution in [1.29, 1.82) is 0 Å². The number of rotatable bonds is 3. The van der Waals surface area contributed by atoms with E-state index in [0.29, 0.717) is 6.08 Å². The van der Waals surface area contributed by atoms with Crippen LogP contribution in [0.2, 0.25) is 0 Å². The molecule has 0 aromatic carbocycles. The Balaban J connectivity index is 0. The van der Waals surface area contributed by atoms with Crippen LogP contribution in [-0.2, 0) is 14.3 Å². The zero-order valence-corrected chi connectivity index (χ0v) is 9.42. The predicted octanol–water partition coefficient (Wildman–Crippen LogP) is -3.61. The minimum Gasteiger partial charge on any atom is -0.868 e. The number of carbonyl (C=O) groups excluding carboxylic acids is 2. The third-order valence-electron chi connectivity index (χ3n) is 0.811. The fourth-order valence-electron chi connectivity index (χ4n) is 0.446. The summed E-state index contributed by atoms with van der Waals surface area (Å²) < 4.78 is 4.33. The van der Waals surface area contributed by atoms with E-state index < -0.39 is 17.5 Å². The molecule has 0 rings (SSSR count). The van der Waals surface area contributed by atoms with Crippen molar-refractivity contribution in [2.45, 2.75) is 13.8 Å². The van der Waals surface area contributed by atoms with Crippen LogP contribution in [0.4, 0.5) is 0 Å². The van der Waals surface area contributed by atoms with Gasteiger partial charge in [0, 0.05) is 0 Å². The first kappa shape index (κ1) is 14.2. The van der Waals surface area contributed by atoms with E-state index in [9.17, 15) is 14.7 Å². The van der Waals surface area contributed by atoms with E-state index in [1.54, 1.807) is 6.92 Å². The van der Waals surface area contributed by atoms with Gasteiger partial charge in [-0.2, -0.15) is 0 Å². The second-order valence-electron chi connectivity index (χ2n) is 1.84. The summed E-state index contributed by atoms with van der Waals surface area (Å²) in [5.41, 5.74) is 0. The summed E-state index contributed by atoms with van der Waals surface area (Å²) in [7, 11) is 0. The molecule has 4 nitrogen and oxygen atoms in total. The summed E-state index contributed by atoms with van der Waals surface area (Å²) in [6.07, 6.45) is 0.706. The van der Waals surface area contributed by atoms with Gasteiger partial charge in [0.15, 0.2) is 5.78 Å². The largest absolute Gasteiger partial charge is 1.00 e. The Morgan fingerprint density at radius 2 is 2.00 bits per heavy atom. The summed E-state index contributed by atoms with van der Waals surface area (Å²) in [4.78, 5) is 20.8. The second kappa shape index (κ2) is 7.34. The van der Waals surface area contributed by atoms with E-state index in [4.69, 9.17) is 0 Å². The fraction of sp³-hybridized carbons (Fsp3) is 0.429. The number of ketones is 1. The van der Waals surface area contributed by atoms with Crippen molar-refractivity contribution in [3.63, 3.8) is 0 Å². The van der Waals surface area contributed by atoms with E-state index in [1.165, 1.54) is 6.92 Å². The van der Waals surface area contributed by atoms with Gasteiger partial charge in [0.25, 0.3) is 0 Å². The number of carbonyl (C=O) groups is 2. The van der Waals surface area contributed by atoms with Gasteiger partial charge in [0.1, 0.15) is 0 Å². The SMILES string of the molecule is CCOC(=O)/C([O-])=C/C(C)=O.[Na+]. The van der Waals surface area contributed by atoms with Crippen LogP contribution in [-0.4, -0.2) is 18.4 Å². The van der Waals surface area contributed by atoms with Crippen molar-refractivity contribution in [2.24, 2.45) is 0 Å². The molecule has 0 bridgehead atoms. The monoisotopic (exact) mass is 180 g/mol. The molecule has 0 unspecified atom stereocenters. The molecule has 0 saturated heterocycles. The maximum atomic E-state index is 10.6. The van der Waals surface area contributed by atoms with Gasteiger partial charge >= 0.3 is 35.5 Å². The third-order valence-corrected chi connectivity index (χ3v) is 0.811. The summed E-state index contributed by atoms with van der Waals surface area (Å²) in [5, 5.41) is 10.6. The molecule has 0 spiro atoms. The Bertz CT molecular complexity index is 198. The van der Waals surface area contributed by atoms with Crippen LogP contribution in [0.15, 0.2) is 11.8 Å². The predicted molar refractivity (Wildman–Crippen MR) is 35.4 cm³/mol. The Hall–Kier alpha value is -0.320. The number of allylic oxidation sites excluding steroid dienone is 1. The second-order valence-corrected chi connectivity index (χ2v) is 1.84. The van der Waals surface area contributed by atoms with Crippen molar-refractivity contribution >= 4 is 11.8 Å². The summed E-state index contributed by atoms with van der Waals surface area (Å²) in [6, 6.07) is 0. The molecule has 0 heterocycles. The van der Waals surface area contributed by atoms with Gasteiger partial charge in [-0.15, -0.1) is 0 Å². The summed E-state index contributed by atoms with van der Waals surface area (Å²) in [6.45, 7) is 2.91. The average Bonchev–Trinajstić information content (AvgIpc) is 1.86. The van der Waals surface area contributed by atoms with Gasteiger partial charge in [-0.05, 0) is 25.7 Å². The Kier molecular flexibility index (Phi) is 8.69. The van der Waals surface area contributed by atoms with Gasteiger partial charge in [-0.25, -0.2) is 4.79 Å². The maximum absolute atomic E-state index is 10.6. The molecular formula is C7H9NaO4. The maximum Gasteiger partial charge on any atom is 1.00 e. The van der Waals surface area contributed by atoms with Crippen LogP contribution in [0, 0.1) is 0 Å². The van der Waals surface area contributed by atoms with E-state index in [2.05, 4.69) is 4.74 Å². The molecule has 5 heteroatoms. The van der Waals surface area contributed by atoms with Crippen LogP contribution in [0.5, 0.6) is 0 Å². The molecule has 0 aliphatic heterocycles. The summed E-state index contributed by atoms with van der Waals surface area (Å²) in [5.74, 6) is -2.34. The molecule has 0 aliphatic rings. The molecule has 0 atom stereocenters. The Labute approximate surface area is 92.9 Å². The van der Waals surface area contributed by atoms with Gasteiger partial charge < -0.3 is 9.84 Å². The molecule has 0 aromatic heterocycles. The van der Waals surface area contributed by atoms with Crippen LogP contribution in [0.25, 0.3) is 0 Å². The van der Waals surface area contributed by atoms with Gasteiger partial charge in [0.2, 0.25) is 0 Å². The van der Waals surface area contributed by atoms with Crippen LogP contribution < -0.4 is 34.7 Å². The number of ether oxygens (including phenoxy) is 1. The quantitative estimate of drug-likeness (QED) is 0.195. The molecule has 0 aromatic rings. The molecule has 0 saturated carbocycles. The van der Waals surface area contributed by atoms with Crippen molar-refractivity contribution < 1.29 is 49.0 Å². The number of hydrogen-bond donors (Lipinski definition) is 0. The van der Waals surface area contributed by atoms with Gasteiger partial charge in [-0.1, -0.05) is 0 Å². The molecule has 0 amide bonds.